The zero-order chi connectivity index (χ0) is 10.8. The number of nitrogens with one attached hydrogen (secondary N) is 1. The second kappa shape index (κ2) is 3.68. The standard InChI is InChI=1S/C10H10N2O3/c13-9(7-5-8(7)10(14)15)12-6-1-3-11-4-2-6/h1-4,7-8H,5H2,(H,14,15)(H,11,12,13)/t7-,8+/m1/s1. The summed E-state index contributed by atoms with van der Waals surface area (Å²) in [6.07, 6.45) is 3.57. The second-order valence-corrected chi connectivity index (χ2v) is 3.51. The molecule has 1 saturated carbocycles. The fraction of sp³-hybridized carbons (Fsp3) is 0.300. The number of rotatable bonds is 3. The molecule has 0 radical (unpaired) electrons. The van der Waals surface area contributed by atoms with Crippen molar-refractivity contribution >= 4 is 17.6 Å². The minimum atomic E-state index is -0.898. The molecule has 0 bridgehead atoms. The molecular formula is C10H10N2O3. The van der Waals surface area contributed by atoms with Crippen LogP contribution in [0.1, 0.15) is 6.42 Å². The van der Waals surface area contributed by atoms with E-state index in [9.17, 15) is 9.59 Å². The topological polar surface area (TPSA) is 79.3 Å². The summed E-state index contributed by atoms with van der Waals surface area (Å²) in [6.45, 7) is 0. The van der Waals surface area contributed by atoms with Crippen molar-refractivity contribution in [1.29, 1.82) is 0 Å². The van der Waals surface area contributed by atoms with Gasteiger partial charge in [0.05, 0.1) is 11.8 Å². The Morgan fingerprint density at radius 3 is 2.53 bits per heavy atom. The number of hydrogen-bond donors (Lipinski definition) is 2. The van der Waals surface area contributed by atoms with Crippen molar-refractivity contribution < 1.29 is 14.7 Å². The molecule has 5 heteroatoms. The largest absolute Gasteiger partial charge is 0.481 e. The van der Waals surface area contributed by atoms with Gasteiger partial charge in [0, 0.05) is 18.1 Å². The second-order valence-electron chi connectivity index (χ2n) is 3.51. The van der Waals surface area contributed by atoms with Gasteiger partial charge < -0.3 is 10.4 Å². The van der Waals surface area contributed by atoms with Crippen LogP contribution in [-0.4, -0.2) is 22.0 Å². The average Bonchev–Trinajstić information content (AvgIpc) is 2.98. The molecule has 0 unspecified atom stereocenters. The summed E-state index contributed by atoms with van der Waals surface area (Å²) in [7, 11) is 0. The van der Waals surface area contributed by atoms with Crippen molar-refractivity contribution in [1.82, 2.24) is 4.98 Å². The number of carbonyl (C=O) groups excluding carboxylic acids is 1. The highest BCUT2D eigenvalue weighted by atomic mass is 16.4. The van der Waals surface area contributed by atoms with E-state index in [-0.39, 0.29) is 11.8 Å². The van der Waals surface area contributed by atoms with E-state index in [1.54, 1.807) is 24.5 Å². The molecular weight excluding hydrogens is 196 g/mol. The number of carbonyl (C=O) groups is 2. The van der Waals surface area contributed by atoms with Gasteiger partial charge in [-0.25, -0.2) is 0 Å². The number of nitrogens with zero attached hydrogens (tertiary/aromatic N) is 1. The smallest absolute Gasteiger partial charge is 0.307 e. The highest BCUT2D eigenvalue weighted by Gasteiger charge is 2.48. The zero-order valence-corrected chi connectivity index (χ0v) is 7.88. The van der Waals surface area contributed by atoms with Crippen molar-refractivity contribution in [2.75, 3.05) is 5.32 Å². The lowest BCUT2D eigenvalue weighted by molar-refractivity contribution is -0.139. The van der Waals surface area contributed by atoms with Crippen LogP contribution in [-0.2, 0) is 9.59 Å². The van der Waals surface area contributed by atoms with Crippen LogP contribution >= 0.6 is 0 Å². The summed E-state index contributed by atoms with van der Waals surface area (Å²) in [5.74, 6) is -2.01. The Morgan fingerprint density at radius 1 is 1.33 bits per heavy atom. The highest BCUT2D eigenvalue weighted by Crippen LogP contribution is 2.39. The first kappa shape index (κ1) is 9.64. The number of amides is 1. The first-order valence-corrected chi connectivity index (χ1v) is 4.62. The van der Waals surface area contributed by atoms with E-state index in [0.717, 1.165) is 0 Å². The summed E-state index contributed by atoms with van der Waals surface area (Å²) in [5, 5.41) is 11.3. The summed E-state index contributed by atoms with van der Waals surface area (Å²) < 4.78 is 0. The van der Waals surface area contributed by atoms with E-state index in [0.29, 0.717) is 12.1 Å². The molecule has 2 atom stereocenters. The predicted molar refractivity (Wildman–Crippen MR) is 52.1 cm³/mol. The zero-order valence-electron chi connectivity index (χ0n) is 7.88. The number of hydrogen-bond acceptors (Lipinski definition) is 3. The Hall–Kier alpha value is -1.91. The number of aliphatic carboxylic acids is 1. The SMILES string of the molecule is O=C(O)[C@H]1C[C@H]1C(=O)Nc1ccncc1. The van der Waals surface area contributed by atoms with E-state index in [1.807, 2.05) is 0 Å². The van der Waals surface area contributed by atoms with Crippen LogP contribution in [0.25, 0.3) is 0 Å². The molecule has 0 aliphatic heterocycles. The molecule has 1 amide bonds. The van der Waals surface area contributed by atoms with Gasteiger partial charge in [-0.05, 0) is 18.6 Å². The normalized spacial score (nSPS) is 23.2. The summed E-state index contributed by atoms with van der Waals surface area (Å²) in [6, 6.07) is 3.33. The van der Waals surface area contributed by atoms with Gasteiger partial charge in [-0.3, -0.25) is 14.6 Å². The Morgan fingerprint density at radius 2 is 2.00 bits per heavy atom. The molecule has 5 nitrogen and oxygen atoms in total. The van der Waals surface area contributed by atoms with Crippen LogP contribution in [0.5, 0.6) is 0 Å². The van der Waals surface area contributed by atoms with Crippen LogP contribution < -0.4 is 5.32 Å². The third kappa shape index (κ3) is 2.12. The third-order valence-corrected chi connectivity index (χ3v) is 2.39. The molecule has 1 aliphatic carbocycles. The molecule has 1 fully saturated rings. The third-order valence-electron chi connectivity index (χ3n) is 2.39. The Labute approximate surface area is 86.1 Å². The van der Waals surface area contributed by atoms with Crippen molar-refractivity contribution in [3.8, 4) is 0 Å². The van der Waals surface area contributed by atoms with Gasteiger partial charge >= 0.3 is 5.97 Å². The number of aromatic nitrogens is 1. The lowest BCUT2D eigenvalue weighted by Crippen LogP contribution is -2.16. The molecule has 0 aromatic carbocycles. The molecule has 1 aromatic rings. The summed E-state index contributed by atoms with van der Waals surface area (Å²) in [5.41, 5.74) is 0.644. The van der Waals surface area contributed by atoms with Crippen LogP contribution in [0.2, 0.25) is 0 Å². The molecule has 2 N–H and O–H groups in total. The number of carboxylic acids is 1. The summed E-state index contributed by atoms with van der Waals surface area (Å²) in [4.78, 5) is 25.8. The molecule has 15 heavy (non-hydrogen) atoms. The van der Waals surface area contributed by atoms with E-state index in [2.05, 4.69) is 10.3 Å². The predicted octanol–water partition coefficient (Wildman–Crippen LogP) is 0.741. The van der Waals surface area contributed by atoms with Crippen molar-refractivity contribution in [3.63, 3.8) is 0 Å². The lowest BCUT2D eigenvalue weighted by Gasteiger charge is -2.02. The molecule has 0 saturated heterocycles. The molecule has 1 aromatic heterocycles. The van der Waals surface area contributed by atoms with Gasteiger partial charge in [0.25, 0.3) is 0 Å². The van der Waals surface area contributed by atoms with Gasteiger partial charge in [-0.2, -0.15) is 0 Å². The van der Waals surface area contributed by atoms with Gasteiger partial charge in [0.2, 0.25) is 5.91 Å². The Balaban J connectivity index is 1.92. The minimum absolute atomic E-state index is 0.228. The molecule has 1 aliphatic rings. The maximum absolute atomic E-state index is 11.5. The van der Waals surface area contributed by atoms with E-state index in [1.165, 1.54) is 0 Å². The minimum Gasteiger partial charge on any atom is -0.481 e. The van der Waals surface area contributed by atoms with Gasteiger partial charge in [0.1, 0.15) is 0 Å². The van der Waals surface area contributed by atoms with E-state index < -0.39 is 11.9 Å². The van der Waals surface area contributed by atoms with Crippen LogP contribution in [0, 0.1) is 11.8 Å². The van der Waals surface area contributed by atoms with Gasteiger partial charge in [0.15, 0.2) is 0 Å². The van der Waals surface area contributed by atoms with E-state index in [4.69, 9.17) is 5.11 Å². The van der Waals surface area contributed by atoms with Crippen LogP contribution in [0.15, 0.2) is 24.5 Å². The van der Waals surface area contributed by atoms with Crippen molar-refractivity contribution in [3.05, 3.63) is 24.5 Å². The fourth-order valence-corrected chi connectivity index (χ4v) is 1.43. The van der Waals surface area contributed by atoms with Gasteiger partial charge in [-0.1, -0.05) is 0 Å². The first-order chi connectivity index (χ1) is 7.18. The summed E-state index contributed by atoms with van der Waals surface area (Å²) >= 11 is 0. The molecule has 2 rings (SSSR count). The highest BCUT2D eigenvalue weighted by molar-refractivity contribution is 5.98. The number of carboxylic acid groups (broad SMARTS) is 1. The van der Waals surface area contributed by atoms with Crippen LogP contribution in [0.4, 0.5) is 5.69 Å². The monoisotopic (exact) mass is 206 g/mol. The fourth-order valence-electron chi connectivity index (χ4n) is 1.43. The number of pyridine rings is 1. The average molecular weight is 206 g/mol. The van der Waals surface area contributed by atoms with E-state index >= 15 is 0 Å². The Bertz CT molecular complexity index is 391. The molecule has 78 valence electrons. The van der Waals surface area contributed by atoms with Crippen LogP contribution in [0.3, 0.4) is 0 Å². The molecule has 0 spiro atoms. The van der Waals surface area contributed by atoms with Gasteiger partial charge in [-0.15, -0.1) is 0 Å². The lowest BCUT2D eigenvalue weighted by atomic mass is 10.3. The first-order valence-electron chi connectivity index (χ1n) is 4.62. The maximum Gasteiger partial charge on any atom is 0.307 e. The maximum atomic E-state index is 11.5. The Kier molecular flexibility index (Phi) is 2.37. The van der Waals surface area contributed by atoms with Crippen molar-refractivity contribution in [2.45, 2.75) is 6.42 Å². The number of anilines is 1. The molecule has 1 heterocycles. The quantitative estimate of drug-likeness (QED) is 0.764. The van der Waals surface area contributed by atoms with Crippen molar-refractivity contribution in [2.24, 2.45) is 11.8 Å².